The summed E-state index contributed by atoms with van der Waals surface area (Å²) in [6.07, 6.45) is 6.44. The molecule has 6 nitrogen and oxygen atoms in total. The van der Waals surface area contributed by atoms with Crippen LogP contribution in [0.5, 0.6) is 0 Å². The highest BCUT2D eigenvalue weighted by molar-refractivity contribution is 6.10. The first-order valence-electron chi connectivity index (χ1n) is 16.9. The van der Waals surface area contributed by atoms with Gasteiger partial charge in [0.1, 0.15) is 23.9 Å². The van der Waals surface area contributed by atoms with Crippen molar-refractivity contribution in [3.05, 3.63) is 193 Å². The number of rotatable bonds is 6. The maximum absolute atomic E-state index is 5.65. The van der Waals surface area contributed by atoms with Crippen LogP contribution >= 0.6 is 0 Å². The molecule has 0 spiro atoms. The quantitative estimate of drug-likeness (QED) is 0.177. The molecule has 10 rings (SSSR count). The predicted molar refractivity (Wildman–Crippen MR) is 199 cm³/mol. The van der Waals surface area contributed by atoms with Gasteiger partial charge in [-0.15, -0.1) is 0 Å². The van der Waals surface area contributed by atoms with Gasteiger partial charge in [0.15, 0.2) is 0 Å². The molecule has 0 saturated heterocycles. The zero-order valence-electron chi connectivity index (χ0n) is 27.3. The highest BCUT2D eigenvalue weighted by atomic mass is 16.3. The zero-order chi connectivity index (χ0) is 33.8. The fourth-order valence-corrected chi connectivity index (χ4v) is 7.83. The summed E-state index contributed by atoms with van der Waals surface area (Å²) in [4.78, 5) is 18.8. The van der Waals surface area contributed by atoms with E-state index in [-0.39, 0.29) is 0 Å². The van der Waals surface area contributed by atoms with Crippen molar-refractivity contribution in [3.8, 4) is 56.8 Å². The molecular formula is C45H28N4O2. The number of aromatic nitrogens is 4. The molecule has 6 heteroatoms. The Morgan fingerprint density at radius 2 is 1.00 bits per heavy atom. The summed E-state index contributed by atoms with van der Waals surface area (Å²) in [5.74, 6) is 0.985. The Balaban J connectivity index is 1.29. The first-order valence-corrected chi connectivity index (χ1v) is 16.9. The molecule has 4 aromatic heterocycles. The molecule has 9 aromatic rings. The number of fused-ring (bicyclic) bond motifs is 5. The summed E-state index contributed by atoms with van der Waals surface area (Å²) in [5.41, 5.74) is 11.6. The molecule has 1 aliphatic carbocycles. The molecule has 1 aliphatic rings. The molecule has 0 N–H and O–H groups in total. The Labute approximate surface area is 293 Å². The van der Waals surface area contributed by atoms with Crippen molar-refractivity contribution in [1.29, 1.82) is 0 Å². The molecule has 0 atom stereocenters. The number of nitrogens with zero attached hydrogens (tertiary/aromatic N) is 4. The standard InChI is InChI=1S/C45H28N4O2/c1-3-11-30(12-4-1)45(31-13-5-2-6-14-31)36-27-29(38-17-9-19-40(48-38)43-46-23-25-50-43)21-22-34(36)42-33-16-8-7-15-32(33)35(28-37(42)45)39-18-10-20-41(49-39)44-47-24-26-51-44/h1-28H. The van der Waals surface area contributed by atoms with Crippen molar-refractivity contribution < 1.29 is 8.83 Å². The Kier molecular flexibility index (Phi) is 6.61. The van der Waals surface area contributed by atoms with E-state index in [2.05, 4.69) is 125 Å². The molecular weight excluding hydrogens is 629 g/mol. The maximum Gasteiger partial charge on any atom is 0.245 e. The van der Waals surface area contributed by atoms with Gasteiger partial charge in [-0.25, -0.2) is 19.9 Å². The summed E-state index contributed by atoms with van der Waals surface area (Å²) in [6.45, 7) is 0. The van der Waals surface area contributed by atoms with Crippen LogP contribution < -0.4 is 0 Å². The third-order valence-electron chi connectivity index (χ3n) is 9.93. The maximum atomic E-state index is 5.65. The van der Waals surface area contributed by atoms with E-state index in [0.717, 1.165) is 27.9 Å². The molecule has 0 amide bonds. The molecule has 240 valence electrons. The van der Waals surface area contributed by atoms with Gasteiger partial charge in [0.25, 0.3) is 0 Å². The van der Waals surface area contributed by atoms with Crippen LogP contribution in [0.2, 0.25) is 0 Å². The van der Waals surface area contributed by atoms with Crippen LogP contribution in [0.15, 0.2) is 179 Å². The van der Waals surface area contributed by atoms with E-state index in [1.54, 1.807) is 24.9 Å². The van der Waals surface area contributed by atoms with Crippen LogP contribution in [-0.4, -0.2) is 19.9 Å². The average molecular weight is 657 g/mol. The minimum Gasteiger partial charge on any atom is -0.443 e. The largest absolute Gasteiger partial charge is 0.443 e. The van der Waals surface area contributed by atoms with E-state index >= 15 is 0 Å². The third-order valence-corrected chi connectivity index (χ3v) is 9.93. The van der Waals surface area contributed by atoms with E-state index < -0.39 is 5.41 Å². The summed E-state index contributed by atoms with van der Waals surface area (Å²) < 4.78 is 11.3. The number of hydrogen-bond acceptors (Lipinski definition) is 6. The van der Waals surface area contributed by atoms with Crippen molar-refractivity contribution in [1.82, 2.24) is 19.9 Å². The fourth-order valence-electron chi connectivity index (χ4n) is 7.83. The number of oxazole rings is 2. The second-order valence-corrected chi connectivity index (χ2v) is 12.6. The summed E-state index contributed by atoms with van der Waals surface area (Å²) in [7, 11) is 0. The van der Waals surface area contributed by atoms with Gasteiger partial charge < -0.3 is 8.83 Å². The van der Waals surface area contributed by atoms with Gasteiger partial charge in [-0.2, -0.15) is 0 Å². The lowest BCUT2D eigenvalue weighted by Crippen LogP contribution is -2.28. The molecule has 0 unspecified atom stereocenters. The minimum atomic E-state index is -0.650. The van der Waals surface area contributed by atoms with Crippen LogP contribution in [0.1, 0.15) is 22.3 Å². The monoisotopic (exact) mass is 656 g/mol. The first-order chi connectivity index (χ1) is 25.3. The van der Waals surface area contributed by atoms with Crippen LogP contribution in [0.3, 0.4) is 0 Å². The topological polar surface area (TPSA) is 77.8 Å². The van der Waals surface area contributed by atoms with Gasteiger partial charge in [-0.1, -0.05) is 109 Å². The van der Waals surface area contributed by atoms with Crippen LogP contribution in [-0.2, 0) is 5.41 Å². The lowest BCUT2D eigenvalue weighted by molar-refractivity contribution is 0.572. The molecule has 0 bridgehead atoms. The second kappa shape index (κ2) is 11.6. The Morgan fingerprint density at radius 3 is 1.63 bits per heavy atom. The van der Waals surface area contributed by atoms with Gasteiger partial charge in [0, 0.05) is 11.1 Å². The number of pyridine rings is 2. The van der Waals surface area contributed by atoms with E-state index in [0.29, 0.717) is 23.2 Å². The van der Waals surface area contributed by atoms with E-state index in [9.17, 15) is 0 Å². The lowest BCUT2D eigenvalue weighted by atomic mass is 9.67. The third kappa shape index (κ3) is 4.50. The molecule has 0 saturated carbocycles. The zero-order valence-corrected chi connectivity index (χ0v) is 27.3. The van der Waals surface area contributed by atoms with Gasteiger partial charge >= 0.3 is 0 Å². The molecule has 0 fully saturated rings. The van der Waals surface area contributed by atoms with Crippen molar-refractivity contribution >= 4 is 10.8 Å². The highest BCUT2D eigenvalue weighted by Gasteiger charge is 2.47. The van der Waals surface area contributed by atoms with Crippen LogP contribution in [0.25, 0.3) is 67.6 Å². The smallest absolute Gasteiger partial charge is 0.245 e. The predicted octanol–water partition coefficient (Wildman–Crippen LogP) is 10.6. The summed E-state index contributed by atoms with van der Waals surface area (Å²) in [6, 6.07) is 51.5. The number of benzene rings is 5. The normalized spacial score (nSPS) is 12.9. The van der Waals surface area contributed by atoms with E-state index in [4.69, 9.17) is 18.8 Å². The summed E-state index contributed by atoms with van der Waals surface area (Å²) >= 11 is 0. The number of hydrogen-bond donors (Lipinski definition) is 0. The lowest BCUT2D eigenvalue weighted by Gasteiger charge is -2.34. The second-order valence-electron chi connectivity index (χ2n) is 12.6. The molecule has 4 heterocycles. The Hall–Kier alpha value is -6.92. The van der Waals surface area contributed by atoms with Gasteiger partial charge in [-0.3, -0.25) is 0 Å². The van der Waals surface area contributed by atoms with Crippen LogP contribution in [0.4, 0.5) is 0 Å². The SMILES string of the molecule is c1ccc(C2(c3ccccc3)c3cc(-c4cccc(-c5ncco5)n4)ccc3-c3c2cc(-c2cccc(-c4ncco4)n2)c2ccccc32)cc1. The van der Waals surface area contributed by atoms with E-state index in [1.807, 2.05) is 30.3 Å². The van der Waals surface area contributed by atoms with Crippen LogP contribution in [0, 0.1) is 0 Å². The molecule has 51 heavy (non-hydrogen) atoms. The fraction of sp³-hybridized carbons (Fsp3) is 0.0222. The minimum absolute atomic E-state index is 0.491. The average Bonchev–Trinajstić information content (AvgIpc) is 4.00. The van der Waals surface area contributed by atoms with Gasteiger partial charge in [0.2, 0.25) is 11.8 Å². The summed E-state index contributed by atoms with van der Waals surface area (Å²) in [5, 5.41) is 2.29. The first kappa shape index (κ1) is 29.0. The molecule has 0 aliphatic heterocycles. The van der Waals surface area contributed by atoms with Crippen molar-refractivity contribution in [3.63, 3.8) is 0 Å². The molecule has 0 radical (unpaired) electrons. The Bertz CT molecular complexity index is 2650. The Morgan fingerprint density at radius 1 is 0.431 bits per heavy atom. The molecule has 5 aromatic carbocycles. The van der Waals surface area contributed by atoms with E-state index in [1.165, 1.54) is 38.8 Å². The van der Waals surface area contributed by atoms with Gasteiger partial charge in [-0.05, 0) is 80.6 Å². The van der Waals surface area contributed by atoms with Gasteiger partial charge in [0.05, 0.1) is 29.2 Å². The van der Waals surface area contributed by atoms with Crippen molar-refractivity contribution in [2.75, 3.05) is 0 Å². The van der Waals surface area contributed by atoms with Crippen molar-refractivity contribution in [2.24, 2.45) is 0 Å². The van der Waals surface area contributed by atoms with Crippen molar-refractivity contribution in [2.45, 2.75) is 5.41 Å². The highest BCUT2D eigenvalue weighted by Crippen LogP contribution is 2.59.